The lowest BCUT2D eigenvalue weighted by Crippen LogP contribution is -2.32. The normalized spacial score (nSPS) is 24.6. The molecule has 0 unspecified atom stereocenters. The molecule has 3 aromatic rings. The van der Waals surface area contributed by atoms with Crippen LogP contribution in [0.25, 0.3) is 11.2 Å². The van der Waals surface area contributed by atoms with Crippen molar-refractivity contribution in [3.63, 3.8) is 0 Å². The number of benzene rings is 1. The van der Waals surface area contributed by atoms with E-state index in [0.717, 1.165) is 12.1 Å². The highest BCUT2D eigenvalue weighted by atomic mass is 35.5. The molecule has 2 fully saturated rings. The van der Waals surface area contributed by atoms with E-state index in [1.165, 1.54) is 6.20 Å². The van der Waals surface area contributed by atoms with E-state index in [-0.39, 0.29) is 47.4 Å². The van der Waals surface area contributed by atoms with Crippen molar-refractivity contribution in [2.75, 3.05) is 23.8 Å². The molecule has 10 nitrogen and oxygen atoms in total. The third-order valence-electron chi connectivity index (χ3n) is 6.54. The molecule has 0 bridgehead atoms. The number of halogens is 3. The second-order valence-corrected chi connectivity index (χ2v) is 9.22. The second kappa shape index (κ2) is 9.51. The van der Waals surface area contributed by atoms with Gasteiger partial charge in [0.05, 0.1) is 36.6 Å². The van der Waals surface area contributed by atoms with Gasteiger partial charge in [0.25, 0.3) is 0 Å². The number of anilines is 3. The number of primary amides is 1. The van der Waals surface area contributed by atoms with Gasteiger partial charge in [-0.15, -0.1) is 0 Å². The Morgan fingerprint density at radius 1 is 1.20 bits per heavy atom. The van der Waals surface area contributed by atoms with Crippen LogP contribution in [-0.4, -0.2) is 55.9 Å². The Bertz CT molecular complexity index is 1270. The predicted molar refractivity (Wildman–Crippen MR) is 124 cm³/mol. The number of nitrogens with one attached hydrogen (secondary N) is 2. The number of carbonyl (C=O) groups is 1. The fourth-order valence-electron chi connectivity index (χ4n) is 4.61. The van der Waals surface area contributed by atoms with Crippen LogP contribution < -0.4 is 16.4 Å². The number of amides is 1. The molecule has 5 rings (SSSR count). The second-order valence-electron chi connectivity index (χ2n) is 8.81. The average molecular weight is 508 g/mol. The van der Waals surface area contributed by atoms with Gasteiger partial charge < -0.3 is 26.2 Å². The van der Waals surface area contributed by atoms with Crippen LogP contribution in [0.4, 0.5) is 26.4 Å². The van der Waals surface area contributed by atoms with Crippen LogP contribution in [0.3, 0.4) is 0 Å². The number of nitrogens with zero attached hydrogens (tertiary/aromatic N) is 4. The van der Waals surface area contributed by atoms with Crippen molar-refractivity contribution in [2.24, 2.45) is 11.7 Å². The number of hydrogen-bond donors (Lipinski definition) is 4. The van der Waals surface area contributed by atoms with E-state index in [0.29, 0.717) is 43.5 Å². The lowest BCUT2D eigenvalue weighted by molar-refractivity contribution is -0.122. The average Bonchev–Trinajstić information content (AvgIpc) is 3.41. The molecule has 13 heteroatoms. The number of fused-ring (bicyclic) bond motifs is 1. The maximum absolute atomic E-state index is 14.6. The fourth-order valence-corrected chi connectivity index (χ4v) is 4.77. The molecule has 2 aromatic heterocycles. The minimum absolute atomic E-state index is 0.161. The zero-order valence-electron chi connectivity index (χ0n) is 18.5. The Morgan fingerprint density at radius 2 is 1.97 bits per heavy atom. The number of rotatable bonds is 6. The van der Waals surface area contributed by atoms with E-state index in [1.54, 1.807) is 4.57 Å². The molecule has 1 amide bonds. The summed E-state index contributed by atoms with van der Waals surface area (Å²) in [5.41, 5.74) is 5.89. The topological polar surface area (TPSA) is 140 Å². The van der Waals surface area contributed by atoms with Gasteiger partial charge in [0.1, 0.15) is 17.0 Å². The zero-order valence-corrected chi connectivity index (χ0v) is 19.3. The maximum atomic E-state index is 14.6. The smallest absolute Gasteiger partial charge is 0.225 e. The molecule has 0 radical (unpaired) electrons. The minimum Gasteiger partial charge on any atom is -0.388 e. The van der Waals surface area contributed by atoms with Gasteiger partial charge in [-0.25, -0.2) is 18.7 Å². The Morgan fingerprint density at radius 3 is 2.66 bits per heavy atom. The van der Waals surface area contributed by atoms with E-state index >= 15 is 0 Å². The monoisotopic (exact) mass is 507 g/mol. The Hall–Kier alpha value is -3.09. The van der Waals surface area contributed by atoms with E-state index in [4.69, 9.17) is 22.1 Å². The summed E-state index contributed by atoms with van der Waals surface area (Å²) in [6.45, 7) is 0.519. The number of aliphatic hydroxyl groups is 1. The number of ether oxygens (including phenoxy) is 1. The largest absolute Gasteiger partial charge is 0.388 e. The van der Waals surface area contributed by atoms with Gasteiger partial charge in [-0.2, -0.15) is 4.98 Å². The van der Waals surface area contributed by atoms with Gasteiger partial charge in [0.15, 0.2) is 11.5 Å². The van der Waals surface area contributed by atoms with Crippen molar-refractivity contribution in [1.29, 1.82) is 0 Å². The van der Waals surface area contributed by atoms with Crippen LogP contribution >= 0.6 is 11.6 Å². The summed E-state index contributed by atoms with van der Waals surface area (Å²) < 4.78 is 36.2. The third kappa shape index (κ3) is 4.60. The zero-order chi connectivity index (χ0) is 24.7. The van der Waals surface area contributed by atoms with Gasteiger partial charge in [0.2, 0.25) is 17.8 Å². The number of imidazole rings is 1. The summed E-state index contributed by atoms with van der Waals surface area (Å²) in [6.07, 6.45) is 3.12. The molecule has 1 aliphatic heterocycles. The van der Waals surface area contributed by atoms with Crippen molar-refractivity contribution in [1.82, 2.24) is 19.5 Å². The first kappa shape index (κ1) is 23.6. The predicted octanol–water partition coefficient (Wildman–Crippen LogP) is 2.89. The molecule has 2 aliphatic rings. The van der Waals surface area contributed by atoms with E-state index in [2.05, 4.69) is 25.6 Å². The molecule has 35 heavy (non-hydrogen) atoms. The highest BCUT2D eigenvalue weighted by molar-refractivity contribution is 6.31. The Balaban J connectivity index is 1.54. The Labute approximate surface area is 203 Å². The molecule has 2 atom stereocenters. The van der Waals surface area contributed by atoms with Crippen LogP contribution in [0.2, 0.25) is 5.02 Å². The third-order valence-corrected chi connectivity index (χ3v) is 6.83. The summed E-state index contributed by atoms with van der Waals surface area (Å²) in [5.74, 6) is -1.91. The highest BCUT2D eigenvalue weighted by Gasteiger charge is 2.31. The van der Waals surface area contributed by atoms with Crippen LogP contribution in [0.1, 0.15) is 31.7 Å². The lowest BCUT2D eigenvalue weighted by atomic mass is 9.85. The summed E-state index contributed by atoms with van der Waals surface area (Å²) in [7, 11) is 0. The van der Waals surface area contributed by atoms with E-state index < -0.39 is 23.4 Å². The molecule has 1 saturated carbocycles. The molecule has 1 aliphatic carbocycles. The number of nitrogens with two attached hydrogens (primary N) is 1. The van der Waals surface area contributed by atoms with Crippen LogP contribution in [0.15, 0.2) is 18.3 Å². The SMILES string of the molecule is NC(=O)[C@H]1CC[C@@H](n2c(Nc3c(F)ccc(Cl)c3F)nc3cnc(N[C@H]4COC[C@@H]4O)nc32)CC1. The number of aromatic nitrogens is 4. The number of hydrogen-bond acceptors (Lipinski definition) is 8. The molecule has 3 heterocycles. The molecule has 1 saturated heterocycles. The van der Waals surface area contributed by atoms with Gasteiger partial charge in [-0.3, -0.25) is 9.36 Å². The first-order chi connectivity index (χ1) is 16.8. The molecule has 186 valence electrons. The van der Waals surface area contributed by atoms with Crippen LogP contribution in [0, 0.1) is 17.6 Å². The first-order valence-corrected chi connectivity index (χ1v) is 11.7. The van der Waals surface area contributed by atoms with Crippen LogP contribution in [0.5, 0.6) is 0 Å². The van der Waals surface area contributed by atoms with Crippen molar-refractivity contribution < 1.29 is 23.4 Å². The maximum Gasteiger partial charge on any atom is 0.225 e. The van der Waals surface area contributed by atoms with Gasteiger partial charge in [-0.05, 0) is 37.8 Å². The van der Waals surface area contributed by atoms with Crippen molar-refractivity contribution >= 4 is 46.3 Å². The summed E-state index contributed by atoms with van der Waals surface area (Å²) in [5, 5.41) is 15.6. The molecular weight excluding hydrogens is 484 g/mol. The van der Waals surface area contributed by atoms with Gasteiger partial charge in [-0.1, -0.05) is 11.6 Å². The van der Waals surface area contributed by atoms with Crippen LogP contribution in [-0.2, 0) is 9.53 Å². The summed E-state index contributed by atoms with van der Waals surface area (Å²) >= 11 is 5.86. The number of carbonyl (C=O) groups excluding carboxylic acids is 1. The van der Waals surface area contributed by atoms with Crippen molar-refractivity contribution in [3.05, 3.63) is 35.0 Å². The lowest BCUT2D eigenvalue weighted by Gasteiger charge is -2.29. The molecule has 5 N–H and O–H groups in total. The summed E-state index contributed by atoms with van der Waals surface area (Å²) in [4.78, 5) is 25.0. The van der Waals surface area contributed by atoms with Gasteiger partial charge in [0, 0.05) is 12.0 Å². The number of aliphatic hydroxyl groups excluding tert-OH is 1. The summed E-state index contributed by atoms with van der Waals surface area (Å²) in [6, 6.07) is 1.67. The quantitative estimate of drug-likeness (QED) is 0.373. The standard InChI is InChI=1S/C22H24ClF2N7O3/c23-12-5-6-13(24)18(17(12)25)30-22-29-14-7-27-21(28-15-8-35-9-16(15)33)31-20(14)32(22)11-3-1-10(2-4-11)19(26)34/h5-7,10-11,15-16,33H,1-4,8-9H2,(H2,26,34)(H,29,30)(H,27,28,31)/t10-,11+,15-,16-/m0/s1. The van der Waals surface area contributed by atoms with Crippen molar-refractivity contribution in [2.45, 2.75) is 43.9 Å². The Kier molecular flexibility index (Phi) is 6.43. The first-order valence-electron chi connectivity index (χ1n) is 11.3. The molecule has 0 spiro atoms. The highest BCUT2D eigenvalue weighted by Crippen LogP contribution is 2.38. The fraction of sp³-hybridized carbons (Fsp3) is 0.455. The minimum atomic E-state index is -0.939. The van der Waals surface area contributed by atoms with E-state index in [1.807, 2.05) is 0 Å². The van der Waals surface area contributed by atoms with Gasteiger partial charge >= 0.3 is 0 Å². The molecular formula is C22H24ClF2N7O3. The van der Waals surface area contributed by atoms with Crippen molar-refractivity contribution in [3.8, 4) is 0 Å². The molecule has 1 aromatic carbocycles. The van der Waals surface area contributed by atoms with E-state index in [9.17, 15) is 18.7 Å².